The second-order valence-corrected chi connectivity index (χ2v) is 8.53. The Labute approximate surface area is 168 Å². The topological polar surface area (TPSA) is 81.1 Å². The molecule has 11 heteroatoms. The molecule has 152 valence electrons. The molecule has 0 atom stereocenters. The molecule has 0 aliphatic carbocycles. The van der Waals surface area contributed by atoms with Crippen molar-refractivity contribution in [3.05, 3.63) is 66.7 Å². The summed E-state index contributed by atoms with van der Waals surface area (Å²) in [7, 11) is -4.86. The average Bonchev–Trinajstić information content (AvgIpc) is 3.15. The highest BCUT2D eigenvalue weighted by Gasteiger charge is 2.29. The van der Waals surface area contributed by atoms with E-state index in [1.54, 1.807) is 16.8 Å². The van der Waals surface area contributed by atoms with Crippen LogP contribution in [0.3, 0.4) is 0 Å². The number of amides is 1. The lowest BCUT2D eigenvalue weighted by Crippen LogP contribution is -2.19. The summed E-state index contributed by atoms with van der Waals surface area (Å²) in [4.78, 5) is 15.7. The van der Waals surface area contributed by atoms with Gasteiger partial charge in [0.15, 0.2) is 5.16 Å². The number of para-hydroxylation sites is 1. The molecule has 1 heterocycles. The van der Waals surface area contributed by atoms with Crippen LogP contribution in [-0.2, 0) is 14.6 Å². The number of carbonyl (C=O) groups is 1. The Morgan fingerprint density at radius 2 is 1.93 bits per heavy atom. The number of anilines is 1. The number of benzene rings is 2. The van der Waals surface area contributed by atoms with Crippen LogP contribution in [0, 0.1) is 5.82 Å². The van der Waals surface area contributed by atoms with Gasteiger partial charge < -0.3 is 5.32 Å². The highest BCUT2D eigenvalue weighted by atomic mass is 32.2. The van der Waals surface area contributed by atoms with Gasteiger partial charge >= 0.3 is 5.76 Å². The van der Waals surface area contributed by atoms with Crippen LogP contribution in [0.15, 0.2) is 71.0 Å². The van der Waals surface area contributed by atoms with E-state index in [1.165, 1.54) is 42.6 Å². The van der Waals surface area contributed by atoms with Crippen LogP contribution in [0.2, 0.25) is 0 Å². The molecule has 29 heavy (non-hydrogen) atoms. The number of sulfone groups is 1. The van der Waals surface area contributed by atoms with Crippen molar-refractivity contribution in [2.75, 3.05) is 11.1 Å². The van der Waals surface area contributed by atoms with Gasteiger partial charge in [0, 0.05) is 12.4 Å². The Balaban J connectivity index is 1.72. The van der Waals surface area contributed by atoms with Gasteiger partial charge in [-0.15, -0.1) is 0 Å². The zero-order valence-corrected chi connectivity index (χ0v) is 16.3. The summed E-state index contributed by atoms with van der Waals surface area (Å²) in [5, 5.41) is 2.74. The van der Waals surface area contributed by atoms with Crippen LogP contribution in [0.25, 0.3) is 5.69 Å². The number of imidazole rings is 1. The van der Waals surface area contributed by atoms with E-state index >= 15 is 0 Å². The number of thioether (sulfide) groups is 1. The van der Waals surface area contributed by atoms with Gasteiger partial charge in [-0.1, -0.05) is 30.0 Å². The molecular formula is C18H14F3N3O3S2. The second kappa shape index (κ2) is 8.70. The Kier molecular flexibility index (Phi) is 6.28. The molecular weight excluding hydrogens is 427 g/mol. The third kappa shape index (κ3) is 4.80. The monoisotopic (exact) mass is 441 g/mol. The lowest BCUT2D eigenvalue weighted by Gasteiger charge is -2.11. The third-order valence-corrected chi connectivity index (χ3v) is 6.13. The van der Waals surface area contributed by atoms with E-state index in [-0.39, 0.29) is 11.4 Å². The van der Waals surface area contributed by atoms with Crippen LogP contribution < -0.4 is 5.32 Å². The van der Waals surface area contributed by atoms with Crippen LogP contribution in [0.1, 0.15) is 0 Å². The molecule has 0 saturated carbocycles. The van der Waals surface area contributed by atoms with Gasteiger partial charge in [-0.3, -0.25) is 9.36 Å². The van der Waals surface area contributed by atoms with E-state index < -0.39 is 32.2 Å². The minimum Gasteiger partial charge on any atom is -0.324 e. The fourth-order valence-electron chi connectivity index (χ4n) is 2.45. The number of hydrogen-bond donors (Lipinski definition) is 1. The van der Waals surface area contributed by atoms with Crippen molar-refractivity contribution in [3.8, 4) is 5.69 Å². The molecule has 0 unspecified atom stereocenters. The minimum absolute atomic E-state index is 0.171. The molecule has 1 N–H and O–H groups in total. The lowest BCUT2D eigenvalue weighted by atomic mass is 10.3. The number of hydrogen-bond acceptors (Lipinski definition) is 5. The zero-order chi connectivity index (χ0) is 21.0. The normalized spacial score (nSPS) is 11.6. The van der Waals surface area contributed by atoms with Gasteiger partial charge in [-0.25, -0.2) is 17.8 Å². The van der Waals surface area contributed by atoms with Crippen molar-refractivity contribution in [2.45, 2.75) is 15.8 Å². The van der Waals surface area contributed by atoms with Crippen molar-refractivity contribution in [1.82, 2.24) is 9.55 Å². The second-order valence-electron chi connectivity index (χ2n) is 5.70. The van der Waals surface area contributed by atoms with Gasteiger partial charge in [0.2, 0.25) is 15.7 Å². The molecule has 6 nitrogen and oxygen atoms in total. The molecule has 0 bridgehead atoms. The van der Waals surface area contributed by atoms with Crippen molar-refractivity contribution in [3.63, 3.8) is 0 Å². The Hall–Kier alpha value is -2.79. The molecule has 0 spiro atoms. The molecule has 3 aromatic rings. The molecule has 1 amide bonds. The molecule has 1 aromatic heterocycles. The highest BCUT2D eigenvalue weighted by molar-refractivity contribution is 7.99. The predicted octanol–water partition coefficient (Wildman–Crippen LogP) is 3.74. The van der Waals surface area contributed by atoms with Crippen LogP contribution in [0.5, 0.6) is 0 Å². The van der Waals surface area contributed by atoms with Crippen molar-refractivity contribution < 1.29 is 26.4 Å². The SMILES string of the molecule is O=C(CSc1nccn1-c1cccc(F)c1)Nc1ccccc1S(=O)(=O)C(F)F. The first-order valence-electron chi connectivity index (χ1n) is 8.12. The fraction of sp³-hybridized carbons (Fsp3) is 0.111. The maximum atomic E-state index is 13.4. The van der Waals surface area contributed by atoms with Crippen LogP contribution in [0.4, 0.5) is 18.9 Å². The van der Waals surface area contributed by atoms with Gasteiger partial charge in [0.1, 0.15) is 5.82 Å². The largest absolute Gasteiger partial charge is 0.341 e. The quantitative estimate of drug-likeness (QED) is 0.565. The Morgan fingerprint density at radius 1 is 1.17 bits per heavy atom. The number of nitrogens with zero attached hydrogens (tertiary/aromatic N) is 2. The standard InChI is InChI=1S/C18H14F3N3O3S2/c19-12-4-3-5-13(10-12)24-9-8-22-18(24)28-11-16(25)23-14-6-1-2-7-15(14)29(26,27)17(20)21/h1-10,17H,11H2,(H,23,25). The van der Waals surface area contributed by atoms with Crippen molar-refractivity contribution >= 4 is 33.2 Å². The Morgan fingerprint density at radius 3 is 2.66 bits per heavy atom. The maximum absolute atomic E-state index is 13.4. The van der Waals surface area contributed by atoms with Crippen molar-refractivity contribution in [2.24, 2.45) is 0 Å². The summed E-state index contributed by atoms with van der Waals surface area (Å²) in [6.07, 6.45) is 3.08. The molecule has 0 aliphatic rings. The van der Waals surface area contributed by atoms with Gasteiger partial charge in [0.25, 0.3) is 0 Å². The summed E-state index contributed by atoms with van der Waals surface area (Å²) in [5.41, 5.74) is 0.283. The van der Waals surface area contributed by atoms with Gasteiger partial charge in [-0.05, 0) is 30.3 Å². The first-order chi connectivity index (χ1) is 13.8. The summed E-state index contributed by atoms with van der Waals surface area (Å²) in [6, 6.07) is 10.7. The van der Waals surface area contributed by atoms with Gasteiger partial charge in [0.05, 0.1) is 22.0 Å². The smallest absolute Gasteiger partial charge is 0.324 e. The molecule has 0 saturated heterocycles. The summed E-state index contributed by atoms with van der Waals surface area (Å²) in [5.74, 6) is -4.81. The van der Waals surface area contributed by atoms with Crippen molar-refractivity contribution in [1.29, 1.82) is 0 Å². The highest BCUT2D eigenvalue weighted by Crippen LogP contribution is 2.27. The first kappa shape index (κ1) is 20.9. The van der Waals surface area contributed by atoms with E-state index in [4.69, 9.17) is 0 Å². The lowest BCUT2D eigenvalue weighted by molar-refractivity contribution is -0.113. The van der Waals surface area contributed by atoms with E-state index in [0.29, 0.717) is 10.8 Å². The number of halogens is 3. The fourth-order valence-corrected chi connectivity index (χ4v) is 4.11. The van der Waals surface area contributed by atoms with Crippen LogP contribution in [-0.4, -0.2) is 35.4 Å². The van der Waals surface area contributed by atoms with E-state index in [2.05, 4.69) is 10.3 Å². The van der Waals surface area contributed by atoms with Gasteiger partial charge in [-0.2, -0.15) is 8.78 Å². The zero-order valence-electron chi connectivity index (χ0n) is 14.6. The Bertz CT molecular complexity index is 1130. The number of nitrogens with one attached hydrogen (secondary N) is 1. The number of alkyl halides is 2. The minimum atomic E-state index is -4.86. The third-order valence-electron chi connectivity index (χ3n) is 3.73. The predicted molar refractivity (Wildman–Crippen MR) is 103 cm³/mol. The van der Waals surface area contributed by atoms with E-state index in [9.17, 15) is 26.4 Å². The van der Waals surface area contributed by atoms with Crippen LogP contribution >= 0.6 is 11.8 Å². The molecule has 0 radical (unpaired) electrons. The number of rotatable bonds is 7. The summed E-state index contributed by atoms with van der Waals surface area (Å²) >= 11 is 1.02. The molecule has 0 fully saturated rings. The molecule has 0 aliphatic heterocycles. The number of aromatic nitrogens is 2. The molecule has 3 rings (SSSR count). The summed E-state index contributed by atoms with van der Waals surface area (Å²) < 4.78 is 64.2. The average molecular weight is 441 g/mol. The first-order valence-corrected chi connectivity index (χ1v) is 10.7. The summed E-state index contributed by atoms with van der Waals surface area (Å²) in [6.45, 7) is 0. The van der Waals surface area contributed by atoms with E-state index in [0.717, 1.165) is 17.8 Å². The maximum Gasteiger partial charge on any atom is 0.341 e. The molecule has 2 aromatic carbocycles. The number of carbonyl (C=O) groups excluding carboxylic acids is 1. The van der Waals surface area contributed by atoms with E-state index in [1.807, 2.05) is 0 Å².